The first-order valence-electron chi connectivity index (χ1n) is 9.32. The highest BCUT2D eigenvalue weighted by Crippen LogP contribution is 2.36. The molecule has 5 N–H and O–H groups in total. The van der Waals surface area contributed by atoms with Crippen LogP contribution in [0.4, 0.5) is 26.4 Å². The van der Waals surface area contributed by atoms with E-state index in [1.807, 2.05) is 0 Å². The molecule has 1 aromatic carbocycles. The maximum Gasteiger partial charge on any atom is 0.413 e. The van der Waals surface area contributed by atoms with Crippen LogP contribution < -0.4 is 16.8 Å². The van der Waals surface area contributed by atoms with Crippen molar-refractivity contribution in [1.29, 1.82) is 5.26 Å². The van der Waals surface area contributed by atoms with Crippen molar-refractivity contribution in [2.45, 2.75) is 25.9 Å². The molecule has 2 aromatic heterocycles. The fourth-order valence-corrected chi connectivity index (χ4v) is 3.43. The molecule has 2 heterocycles. The number of nitrogen functional groups attached to an aromatic ring is 2. The molecule has 1 saturated carbocycles. The van der Waals surface area contributed by atoms with Gasteiger partial charge in [0, 0.05) is 41.7 Å². The molecule has 0 radical (unpaired) electrons. The van der Waals surface area contributed by atoms with Crippen LogP contribution in [0.15, 0.2) is 30.7 Å². The molecule has 30 heavy (non-hydrogen) atoms. The van der Waals surface area contributed by atoms with Crippen LogP contribution in [0.1, 0.15) is 18.4 Å². The minimum Gasteiger partial charge on any atom is -0.446 e. The van der Waals surface area contributed by atoms with Gasteiger partial charge in [-0.25, -0.2) is 14.2 Å². The number of aromatic nitrogens is 2. The lowest BCUT2D eigenvalue weighted by atomic mass is 9.84. The van der Waals surface area contributed by atoms with Gasteiger partial charge >= 0.3 is 6.09 Å². The Bertz CT molecular complexity index is 1200. The summed E-state index contributed by atoms with van der Waals surface area (Å²) in [5, 5.41) is 12.4. The Balaban J connectivity index is 1.64. The third kappa shape index (κ3) is 3.43. The minimum absolute atomic E-state index is 0.0528. The van der Waals surface area contributed by atoms with Gasteiger partial charge in [-0.2, -0.15) is 5.26 Å². The number of carbonyl (C=O) groups excluding carboxylic acids is 1. The summed E-state index contributed by atoms with van der Waals surface area (Å²) in [5.41, 5.74) is 13.8. The first kappa shape index (κ1) is 19.4. The third-order valence-electron chi connectivity index (χ3n) is 5.32. The number of carbonyl (C=O) groups is 1. The second kappa shape index (κ2) is 7.48. The van der Waals surface area contributed by atoms with Crippen molar-refractivity contribution in [1.82, 2.24) is 9.97 Å². The highest BCUT2D eigenvalue weighted by molar-refractivity contribution is 5.99. The van der Waals surface area contributed by atoms with E-state index >= 15 is 0 Å². The summed E-state index contributed by atoms with van der Waals surface area (Å²) in [6, 6.07) is 5.34. The second-order valence-corrected chi connectivity index (χ2v) is 7.29. The molecule has 0 spiro atoms. The fraction of sp³-hybridized carbons (Fsp3) is 0.238. The molecule has 1 aliphatic carbocycles. The third-order valence-corrected chi connectivity index (χ3v) is 5.32. The molecule has 1 fully saturated rings. The molecule has 4 rings (SSSR count). The summed E-state index contributed by atoms with van der Waals surface area (Å²) in [6.45, 7) is 1.78. The number of anilines is 3. The average molecular weight is 406 g/mol. The van der Waals surface area contributed by atoms with Crippen molar-refractivity contribution in [3.05, 3.63) is 42.1 Å². The van der Waals surface area contributed by atoms with Crippen LogP contribution in [0.5, 0.6) is 0 Å². The molecule has 3 aromatic rings. The van der Waals surface area contributed by atoms with Crippen LogP contribution in [0, 0.1) is 30.0 Å². The standard InChI is InChI=1S/C21H19FN6O2/c1-10-15(7-26-9-17(10)24)14-4-12-5-18(27-8-16(12)20(25)19(14)22)28-21(29)30-13-2-11(3-13)6-23/h4-5,7-9,11,13H,2-3,24-25H2,1H3,(H,27,28,29). The largest absolute Gasteiger partial charge is 0.446 e. The van der Waals surface area contributed by atoms with Gasteiger partial charge in [-0.15, -0.1) is 0 Å². The smallest absolute Gasteiger partial charge is 0.413 e. The number of ether oxygens (including phenoxy) is 1. The van der Waals surface area contributed by atoms with Gasteiger partial charge in [0.05, 0.1) is 29.6 Å². The molecular weight excluding hydrogens is 387 g/mol. The van der Waals surface area contributed by atoms with E-state index in [1.165, 1.54) is 18.6 Å². The van der Waals surface area contributed by atoms with Gasteiger partial charge in [-0.3, -0.25) is 10.3 Å². The number of halogens is 1. The van der Waals surface area contributed by atoms with Crippen LogP contribution in [-0.4, -0.2) is 22.2 Å². The molecule has 0 saturated heterocycles. The predicted molar refractivity (Wildman–Crippen MR) is 111 cm³/mol. The molecule has 0 atom stereocenters. The summed E-state index contributed by atoms with van der Waals surface area (Å²) < 4.78 is 20.2. The van der Waals surface area contributed by atoms with Crippen molar-refractivity contribution in [3.8, 4) is 17.2 Å². The summed E-state index contributed by atoms with van der Waals surface area (Å²) >= 11 is 0. The van der Waals surface area contributed by atoms with Gasteiger partial charge < -0.3 is 16.2 Å². The molecule has 1 amide bonds. The summed E-state index contributed by atoms with van der Waals surface area (Å²) in [4.78, 5) is 20.2. The maximum absolute atomic E-state index is 15.0. The van der Waals surface area contributed by atoms with E-state index in [0.717, 1.165) is 0 Å². The number of hydrogen-bond acceptors (Lipinski definition) is 7. The van der Waals surface area contributed by atoms with Crippen LogP contribution in [-0.2, 0) is 4.74 Å². The number of nitrogens with zero attached hydrogens (tertiary/aromatic N) is 3. The van der Waals surface area contributed by atoms with Crippen molar-refractivity contribution >= 4 is 34.1 Å². The molecule has 0 bridgehead atoms. The Morgan fingerprint density at radius 2 is 2.03 bits per heavy atom. The van der Waals surface area contributed by atoms with E-state index < -0.39 is 11.9 Å². The Kier molecular flexibility index (Phi) is 4.83. The number of hydrogen-bond donors (Lipinski definition) is 3. The minimum atomic E-state index is -0.658. The van der Waals surface area contributed by atoms with Gasteiger partial charge in [-0.05, 0) is 30.0 Å². The molecule has 0 aliphatic heterocycles. The normalized spacial score (nSPS) is 17.8. The Labute approximate surface area is 171 Å². The summed E-state index contributed by atoms with van der Waals surface area (Å²) in [6.07, 6.45) is 4.55. The number of nitrogens with two attached hydrogens (primary N) is 2. The van der Waals surface area contributed by atoms with Crippen LogP contribution >= 0.6 is 0 Å². The van der Waals surface area contributed by atoms with Gasteiger partial charge in [-0.1, -0.05) is 0 Å². The SMILES string of the molecule is Cc1c(N)cncc1-c1cc2cc(NC(=O)OC3CC(C#N)C3)ncc2c(N)c1F. The van der Waals surface area contributed by atoms with Crippen molar-refractivity contribution in [2.24, 2.45) is 5.92 Å². The lowest BCUT2D eigenvalue weighted by Gasteiger charge is -2.29. The van der Waals surface area contributed by atoms with Crippen LogP contribution in [0.25, 0.3) is 21.9 Å². The first-order chi connectivity index (χ1) is 14.4. The summed E-state index contributed by atoms with van der Waals surface area (Å²) in [7, 11) is 0. The highest BCUT2D eigenvalue weighted by Gasteiger charge is 2.32. The van der Waals surface area contributed by atoms with Crippen molar-refractivity contribution in [2.75, 3.05) is 16.8 Å². The molecule has 0 unspecified atom stereocenters. The fourth-order valence-electron chi connectivity index (χ4n) is 3.43. The number of fused-ring (bicyclic) bond motifs is 1. The molecule has 152 valence electrons. The van der Waals surface area contributed by atoms with Gasteiger partial charge in [0.1, 0.15) is 11.9 Å². The number of nitrogens with one attached hydrogen (secondary N) is 1. The van der Waals surface area contributed by atoms with E-state index in [4.69, 9.17) is 21.5 Å². The van der Waals surface area contributed by atoms with Gasteiger partial charge in [0.15, 0.2) is 5.82 Å². The van der Waals surface area contributed by atoms with E-state index in [-0.39, 0.29) is 29.1 Å². The Morgan fingerprint density at radius 1 is 1.27 bits per heavy atom. The van der Waals surface area contributed by atoms with Crippen molar-refractivity contribution in [3.63, 3.8) is 0 Å². The average Bonchev–Trinajstić information content (AvgIpc) is 2.69. The van der Waals surface area contributed by atoms with E-state index in [9.17, 15) is 9.18 Å². The second-order valence-electron chi connectivity index (χ2n) is 7.29. The zero-order chi connectivity index (χ0) is 21.4. The Morgan fingerprint density at radius 3 is 2.77 bits per heavy atom. The zero-order valence-electron chi connectivity index (χ0n) is 16.1. The molecule has 1 aliphatic rings. The number of amides is 1. The van der Waals surface area contributed by atoms with Crippen molar-refractivity contribution < 1.29 is 13.9 Å². The van der Waals surface area contributed by atoms with Crippen LogP contribution in [0.2, 0.25) is 0 Å². The number of benzene rings is 1. The maximum atomic E-state index is 15.0. The van der Waals surface area contributed by atoms with Gasteiger partial charge in [0.25, 0.3) is 0 Å². The van der Waals surface area contributed by atoms with E-state index in [0.29, 0.717) is 40.4 Å². The zero-order valence-corrected chi connectivity index (χ0v) is 16.1. The molecule has 9 heteroatoms. The lowest BCUT2D eigenvalue weighted by molar-refractivity contribution is 0.0418. The van der Waals surface area contributed by atoms with E-state index in [2.05, 4.69) is 21.4 Å². The predicted octanol–water partition coefficient (Wildman–Crippen LogP) is 3.76. The van der Waals surface area contributed by atoms with Crippen LogP contribution in [0.3, 0.4) is 0 Å². The monoisotopic (exact) mass is 406 g/mol. The topological polar surface area (TPSA) is 140 Å². The van der Waals surface area contributed by atoms with Gasteiger partial charge in [0.2, 0.25) is 0 Å². The number of nitriles is 1. The summed E-state index contributed by atoms with van der Waals surface area (Å²) in [5.74, 6) is -0.414. The lowest BCUT2D eigenvalue weighted by Crippen LogP contribution is -2.34. The quantitative estimate of drug-likeness (QED) is 0.563. The number of pyridine rings is 2. The molecule has 8 nitrogen and oxygen atoms in total. The highest BCUT2D eigenvalue weighted by atomic mass is 19.1. The molecular formula is C21H19FN6O2. The van der Waals surface area contributed by atoms with E-state index in [1.54, 1.807) is 19.1 Å². The Hall–Kier alpha value is -3.93. The number of rotatable bonds is 3. The first-order valence-corrected chi connectivity index (χ1v) is 9.32.